The molecule has 3 aliphatic rings. The van der Waals surface area contributed by atoms with Crippen LogP contribution < -0.4 is 15.4 Å². The van der Waals surface area contributed by atoms with E-state index in [-0.39, 0.29) is 17.0 Å². The molecule has 3 heterocycles. The predicted octanol–water partition coefficient (Wildman–Crippen LogP) is 5.46. The summed E-state index contributed by atoms with van der Waals surface area (Å²) < 4.78 is 25.6. The Morgan fingerprint density at radius 2 is 2.11 bits per heavy atom. The van der Waals surface area contributed by atoms with Gasteiger partial charge in [0, 0.05) is 42.3 Å². The fourth-order valence-electron chi connectivity index (χ4n) is 5.45. The van der Waals surface area contributed by atoms with Crippen molar-refractivity contribution in [1.82, 2.24) is 14.9 Å². The van der Waals surface area contributed by atoms with Crippen LogP contribution in [-0.4, -0.2) is 58.7 Å². The summed E-state index contributed by atoms with van der Waals surface area (Å²) in [6, 6.07) is 8.46. The molecule has 2 aromatic carbocycles. The molecule has 3 aromatic rings. The highest BCUT2D eigenvalue weighted by molar-refractivity contribution is 6.31. The minimum Gasteiger partial charge on any atom is -0.488 e. The Hall–Kier alpha value is -3.27. The van der Waals surface area contributed by atoms with Gasteiger partial charge in [-0.25, -0.2) is 14.4 Å². The van der Waals surface area contributed by atoms with Crippen LogP contribution in [0.2, 0.25) is 5.02 Å². The molecule has 6 rings (SSSR count). The summed E-state index contributed by atoms with van der Waals surface area (Å²) in [5.41, 5.74) is 1.78. The summed E-state index contributed by atoms with van der Waals surface area (Å²) in [5.74, 6) is 0.344. The van der Waals surface area contributed by atoms with Crippen LogP contribution in [0.1, 0.15) is 32.1 Å². The van der Waals surface area contributed by atoms with Gasteiger partial charge in [0.2, 0.25) is 5.91 Å². The Morgan fingerprint density at radius 1 is 1.24 bits per heavy atom. The Balaban J connectivity index is 1.25. The van der Waals surface area contributed by atoms with Crippen molar-refractivity contribution in [2.45, 2.75) is 50.4 Å². The number of anilines is 3. The molecule has 38 heavy (non-hydrogen) atoms. The lowest BCUT2D eigenvalue weighted by atomic mass is 10.1. The lowest BCUT2D eigenvalue weighted by molar-refractivity contribution is -0.111. The number of ether oxygens (including phenoxy) is 2. The Kier molecular flexibility index (Phi) is 7.14. The molecule has 2 atom stereocenters. The van der Waals surface area contributed by atoms with E-state index < -0.39 is 5.82 Å². The third kappa shape index (κ3) is 5.45. The number of likely N-dealkylation sites (tertiary alicyclic amines) is 1. The second-order valence-corrected chi connectivity index (χ2v) is 10.5. The first-order valence-electron chi connectivity index (χ1n) is 13.0. The number of rotatable bonds is 8. The molecule has 10 heteroatoms. The first kappa shape index (κ1) is 25.0. The zero-order valence-corrected chi connectivity index (χ0v) is 21.6. The van der Waals surface area contributed by atoms with E-state index in [1.165, 1.54) is 18.5 Å². The third-order valence-electron chi connectivity index (χ3n) is 7.40. The number of benzene rings is 2. The summed E-state index contributed by atoms with van der Waals surface area (Å²) in [7, 11) is 0. The predicted molar refractivity (Wildman–Crippen MR) is 145 cm³/mol. The van der Waals surface area contributed by atoms with Gasteiger partial charge in [-0.05, 0) is 56.4 Å². The number of hydrogen-bond acceptors (Lipinski definition) is 7. The van der Waals surface area contributed by atoms with E-state index in [1.54, 1.807) is 12.1 Å². The van der Waals surface area contributed by atoms with Gasteiger partial charge in [0.25, 0.3) is 0 Å². The molecule has 8 nitrogen and oxygen atoms in total. The van der Waals surface area contributed by atoms with Crippen LogP contribution in [0, 0.1) is 5.82 Å². The highest BCUT2D eigenvalue weighted by atomic mass is 35.5. The van der Waals surface area contributed by atoms with Crippen LogP contribution in [0.4, 0.5) is 21.6 Å². The molecule has 2 unspecified atom stereocenters. The molecule has 1 aliphatic carbocycles. The van der Waals surface area contributed by atoms with Gasteiger partial charge in [-0.3, -0.25) is 9.69 Å². The van der Waals surface area contributed by atoms with Gasteiger partial charge in [-0.15, -0.1) is 0 Å². The van der Waals surface area contributed by atoms with E-state index in [2.05, 4.69) is 25.5 Å². The van der Waals surface area contributed by atoms with Crippen LogP contribution in [-0.2, 0) is 9.53 Å². The molecular formula is C28H29ClFN5O3. The molecule has 1 saturated carbocycles. The second-order valence-electron chi connectivity index (χ2n) is 10.1. The fourth-order valence-corrected chi connectivity index (χ4v) is 5.63. The van der Waals surface area contributed by atoms with E-state index in [0.29, 0.717) is 52.5 Å². The smallest absolute Gasteiger partial charge is 0.248 e. The van der Waals surface area contributed by atoms with Gasteiger partial charge in [-0.2, -0.15) is 0 Å². The number of carbonyl (C=O) groups is 1. The molecule has 1 aromatic heterocycles. The van der Waals surface area contributed by atoms with E-state index in [0.717, 1.165) is 45.3 Å². The number of carbonyl (C=O) groups excluding carboxylic acids is 1. The van der Waals surface area contributed by atoms with Gasteiger partial charge in [0.05, 0.1) is 35.0 Å². The monoisotopic (exact) mass is 537 g/mol. The van der Waals surface area contributed by atoms with Gasteiger partial charge in [0.15, 0.2) is 0 Å². The molecule has 2 aliphatic heterocycles. The average Bonchev–Trinajstić information content (AvgIpc) is 3.66. The average molecular weight is 538 g/mol. The number of nitrogens with zero attached hydrogens (tertiary/aromatic N) is 3. The SMILES string of the molecule is O=C(C=CCN1CC2CC1CO2)Nc1cc2c(Nc3ccc(F)c(Cl)c3)ncnc2cc1OC1CCCC1. The molecule has 2 saturated heterocycles. The second kappa shape index (κ2) is 10.8. The van der Waals surface area contributed by atoms with Crippen LogP contribution in [0.25, 0.3) is 10.9 Å². The third-order valence-corrected chi connectivity index (χ3v) is 7.69. The van der Waals surface area contributed by atoms with Crippen molar-refractivity contribution in [1.29, 1.82) is 0 Å². The van der Waals surface area contributed by atoms with Crippen molar-refractivity contribution in [3.05, 3.63) is 59.7 Å². The van der Waals surface area contributed by atoms with Crippen molar-refractivity contribution in [2.24, 2.45) is 0 Å². The van der Waals surface area contributed by atoms with E-state index in [4.69, 9.17) is 21.1 Å². The van der Waals surface area contributed by atoms with Gasteiger partial charge in [0.1, 0.15) is 23.7 Å². The molecule has 2 bridgehead atoms. The first-order valence-corrected chi connectivity index (χ1v) is 13.4. The van der Waals surface area contributed by atoms with Crippen molar-refractivity contribution in [3.8, 4) is 5.75 Å². The molecule has 0 spiro atoms. The minimum absolute atomic E-state index is 0.00892. The molecule has 2 N–H and O–H groups in total. The quantitative estimate of drug-likeness (QED) is 0.369. The molecule has 0 radical (unpaired) electrons. The summed E-state index contributed by atoms with van der Waals surface area (Å²) in [6.45, 7) is 2.39. The Bertz CT molecular complexity index is 1380. The van der Waals surface area contributed by atoms with Crippen molar-refractivity contribution in [3.63, 3.8) is 0 Å². The number of amides is 1. The maximum Gasteiger partial charge on any atom is 0.248 e. The lowest BCUT2D eigenvalue weighted by Gasteiger charge is -2.25. The number of hydrogen-bond donors (Lipinski definition) is 2. The van der Waals surface area contributed by atoms with E-state index in [9.17, 15) is 9.18 Å². The zero-order valence-electron chi connectivity index (χ0n) is 20.8. The van der Waals surface area contributed by atoms with Gasteiger partial charge < -0.3 is 20.1 Å². The van der Waals surface area contributed by atoms with Crippen LogP contribution in [0.3, 0.4) is 0 Å². The lowest BCUT2D eigenvalue weighted by Crippen LogP contribution is -2.36. The van der Waals surface area contributed by atoms with Crippen molar-refractivity contribution >= 4 is 45.6 Å². The number of fused-ring (bicyclic) bond motifs is 3. The fraction of sp³-hybridized carbons (Fsp3) is 0.393. The molecule has 198 valence electrons. The number of nitrogens with one attached hydrogen (secondary N) is 2. The van der Waals surface area contributed by atoms with Gasteiger partial charge >= 0.3 is 0 Å². The largest absolute Gasteiger partial charge is 0.488 e. The number of morpholine rings is 1. The molecular weight excluding hydrogens is 509 g/mol. The standard InChI is InChI=1S/C28H29ClFN5O3/c29-22-10-17(7-8-23(22)30)33-28-21-12-25(26(13-24(21)31-16-32-28)38-19-4-1-2-5-19)34-27(36)6-3-9-35-14-20-11-18(35)15-37-20/h3,6-8,10,12-13,16,18-20H,1-2,4-5,9,11,14-15H2,(H,34,36)(H,31,32,33). The van der Waals surface area contributed by atoms with Gasteiger partial charge in [-0.1, -0.05) is 17.7 Å². The molecule has 3 fully saturated rings. The van der Waals surface area contributed by atoms with Crippen molar-refractivity contribution < 1.29 is 18.7 Å². The Morgan fingerprint density at radius 3 is 2.87 bits per heavy atom. The first-order chi connectivity index (χ1) is 18.5. The summed E-state index contributed by atoms with van der Waals surface area (Å²) >= 11 is 5.96. The zero-order chi connectivity index (χ0) is 26.1. The van der Waals surface area contributed by atoms with Crippen LogP contribution in [0.5, 0.6) is 5.75 Å². The van der Waals surface area contributed by atoms with Crippen LogP contribution >= 0.6 is 11.6 Å². The summed E-state index contributed by atoms with van der Waals surface area (Å²) in [4.78, 5) is 24.1. The maximum absolute atomic E-state index is 13.6. The Labute approximate surface area is 225 Å². The maximum atomic E-state index is 13.6. The van der Waals surface area contributed by atoms with Crippen molar-refractivity contribution in [2.75, 3.05) is 30.3 Å². The number of aromatic nitrogens is 2. The van der Waals surface area contributed by atoms with Crippen LogP contribution in [0.15, 0.2) is 48.8 Å². The number of halogens is 2. The normalized spacial score (nSPS) is 21.5. The minimum atomic E-state index is -0.498. The summed E-state index contributed by atoms with van der Waals surface area (Å²) in [5, 5.41) is 6.87. The van der Waals surface area contributed by atoms with E-state index >= 15 is 0 Å². The van der Waals surface area contributed by atoms with E-state index in [1.807, 2.05) is 18.2 Å². The highest BCUT2D eigenvalue weighted by Gasteiger charge is 2.38. The molecule has 1 amide bonds. The highest BCUT2D eigenvalue weighted by Crippen LogP contribution is 2.36. The topological polar surface area (TPSA) is 88.6 Å². The summed E-state index contributed by atoms with van der Waals surface area (Å²) in [6.07, 6.45) is 10.6.